The summed E-state index contributed by atoms with van der Waals surface area (Å²) in [5.41, 5.74) is 1.32. The third-order valence-electron chi connectivity index (χ3n) is 5.43. The maximum Gasteiger partial charge on any atom is 0.0595 e. The summed E-state index contributed by atoms with van der Waals surface area (Å²) in [6, 6.07) is 7.45. The van der Waals surface area contributed by atoms with E-state index in [1.165, 1.54) is 24.8 Å². The van der Waals surface area contributed by atoms with Crippen LogP contribution in [0.2, 0.25) is 10.0 Å². The molecular formula is C18H25Cl2NO. The number of hydrogen-bond donors (Lipinski definition) is 0. The number of hydrogen-bond acceptors (Lipinski definition) is 2. The van der Waals surface area contributed by atoms with Crippen LogP contribution in [0, 0.1) is 5.92 Å². The van der Waals surface area contributed by atoms with Crippen LogP contribution in [-0.2, 0) is 4.74 Å². The summed E-state index contributed by atoms with van der Waals surface area (Å²) in [6.45, 7) is 5.04. The van der Waals surface area contributed by atoms with Crippen LogP contribution in [-0.4, -0.2) is 36.7 Å². The molecule has 0 aromatic heterocycles. The molecule has 122 valence electrons. The van der Waals surface area contributed by atoms with Gasteiger partial charge in [-0.05, 0) is 63.8 Å². The monoisotopic (exact) mass is 341 g/mol. The van der Waals surface area contributed by atoms with Crippen molar-refractivity contribution in [1.82, 2.24) is 4.90 Å². The highest BCUT2D eigenvalue weighted by molar-refractivity contribution is 6.42. The maximum absolute atomic E-state index is 6.25. The number of ether oxygens (including phenoxy) is 1. The smallest absolute Gasteiger partial charge is 0.0595 e. The van der Waals surface area contributed by atoms with Gasteiger partial charge in [-0.1, -0.05) is 29.3 Å². The van der Waals surface area contributed by atoms with Crippen LogP contribution in [0.3, 0.4) is 0 Å². The van der Waals surface area contributed by atoms with Crippen molar-refractivity contribution in [2.24, 2.45) is 5.92 Å². The molecule has 1 aromatic rings. The fourth-order valence-corrected chi connectivity index (χ4v) is 4.54. The summed E-state index contributed by atoms with van der Waals surface area (Å²) >= 11 is 12.3. The number of benzene rings is 1. The van der Waals surface area contributed by atoms with Crippen molar-refractivity contribution >= 4 is 23.2 Å². The highest BCUT2D eigenvalue weighted by Crippen LogP contribution is 2.47. The highest BCUT2D eigenvalue weighted by atomic mass is 35.5. The van der Waals surface area contributed by atoms with Crippen LogP contribution >= 0.6 is 23.2 Å². The van der Waals surface area contributed by atoms with Crippen LogP contribution in [0.5, 0.6) is 0 Å². The van der Waals surface area contributed by atoms with Gasteiger partial charge in [0.25, 0.3) is 0 Å². The van der Waals surface area contributed by atoms with Crippen molar-refractivity contribution < 1.29 is 4.74 Å². The van der Waals surface area contributed by atoms with Crippen molar-refractivity contribution in [2.45, 2.75) is 57.2 Å². The zero-order valence-corrected chi connectivity index (χ0v) is 15.1. The molecule has 0 spiro atoms. The SMILES string of the molecule is CC(C)OC[C@@H]1[C@H](c2ccc(Cl)c(Cl)c2)C[C@H]2CC[C@@H]1N2C. The minimum absolute atomic E-state index is 0.277. The van der Waals surface area contributed by atoms with E-state index in [1.54, 1.807) is 0 Å². The fraction of sp³-hybridized carbons (Fsp3) is 0.667. The summed E-state index contributed by atoms with van der Waals surface area (Å²) in [6.07, 6.45) is 4.05. The quantitative estimate of drug-likeness (QED) is 0.765. The van der Waals surface area contributed by atoms with E-state index >= 15 is 0 Å². The van der Waals surface area contributed by atoms with Gasteiger partial charge < -0.3 is 9.64 Å². The minimum atomic E-state index is 0.277. The van der Waals surface area contributed by atoms with Crippen LogP contribution in [0.15, 0.2) is 18.2 Å². The molecule has 0 saturated carbocycles. The van der Waals surface area contributed by atoms with Gasteiger partial charge in [0.05, 0.1) is 22.8 Å². The molecular weight excluding hydrogens is 317 g/mol. The average Bonchev–Trinajstić information content (AvgIpc) is 2.71. The number of rotatable bonds is 4. The summed E-state index contributed by atoms with van der Waals surface area (Å²) in [5.74, 6) is 1.05. The number of piperidine rings is 1. The molecule has 2 fully saturated rings. The molecule has 0 radical (unpaired) electrons. The van der Waals surface area contributed by atoms with Crippen LogP contribution in [0.25, 0.3) is 0 Å². The molecule has 3 rings (SSSR count). The third kappa shape index (κ3) is 3.17. The second-order valence-electron chi connectivity index (χ2n) is 7.03. The molecule has 2 heterocycles. The Kier molecular flexibility index (Phi) is 5.04. The second-order valence-corrected chi connectivity index (χ2v) is 7.84. The first kappa shape index (κ1) is 16.6. The van der Waals surface area contributed by atoms with Gasteiger partial charge in [0.1, 0.15) is 0 Å². The molecule has 4 atom stereocenters. The Morgan fingerprint density at radius 3 is 2.68 bits per heavy atom. The molecule has 0 aliphatic carbocycles. The van der Waals surface area contributed by atoms with Crippen molar-refractivity contribution in [2.75, 3.05) is 13.7 Å². The topological polar surface area (TPSA) is 12.5 Å². The van der Waals surface area contributed by atoms with Gasteiger partial charge in [-0.25, -0.2) is 0 Å². The Balaban J connectivity index is 1.87. The largest absolute Gasteiger partial charge is 0.378 e. The first-order valence-electron chi connectivity index (χ1n) is 8.26. The normalized spacial score (nSPS) is 31.9. The molecule has 1 aromatic carbocycles. The highest BCUT2D eigenvalue weighted by Gasteiger charge is 2.46. The van der Waals surface area contributed by atoms with Gasteiger partial charge >= 0.3 is 0 Å². The minimum Gasteiger partial charge on any atom is -0.378 e. The first-order valence-corrected chi connectivity index (χ1v) is 9.01. The van der Waals surface area contributed by atoms with E-state index in [1.807, 2.05) is 6.07 Å². The van der Waals surface area contributed by atoms with Gasteiger partial charge in [0.2, 0.25) is 0 Å². The lowest BCUT2D eigenvalue weighted by Crippen LogP contribution is -2.47. The molecule has 2 nitrogen and oxygen atoms in total. The molecule has 4 heteroatoms. The lowest BCUT2D eigenvalue weighted by atomic mass is 9.76. The van der Waals surface area contributed by atoms with E-state index in [0.29, 0.717) is 34.0 Å². The van der Waals surface area contributed by atoms with Crippen molar-refractivity contribution in [3.05, 3.63) is 33.8 Å². The maximum atomic E-state index is 6.25. The standard InChI is InChI=1S/C18H25Cl2NO/c1-11(2)22-10-15-14(9-13-5-7-18(15)21(13)3)12-4-6-16(19)17(20)8-12/h4,6,8,11,13-15,18H,5,7,9-10H2,1-3H3/t13-,14+,15-,18+/m1/s1. The Hall–Kier alpha value is -0.280. The third-order valence-corrected chi connectivity index (χ3v) is 6.16. The van der Waals surface area contributed by atoms with E-state index in [2.05, 4.69) is 37.9 Å². The number of halogens is 2. The van der Waals surface area contributed by atoms with Crippen molar-refractivity contribution in [1.29, 1.82) is 0 Å². The molecule has 2 saturated heterocycles. The van der Waals surface area contributed by atoms with E-state index in [4.69, 9.17) is 27.9 Å². The predicted octanol–water partition coefficient (Wildman–Crippen LogP) is 4.98. The van der Waals surface area contributed by atoms with Gasteiger partial charge in [0, 0.05) is 18.0 Å². The number of nitrogens with zero attached hydrogens (tertiary/aromatic N) is 1. The van der Waals surface area contributed by atoms with Gasteiger partial charge in [-0.2, -0.15) is 0 Å². The summed E-state index contributed by atoms with van der Waals surface area (Å²) in [7, 11) is 2.27. The van der Waals surface area contributed by atoms with Crippen molar-refractivity contribution in [3.8, 4) is 0 Å². The zero-order chi connectivity index (χ0) is 15.9. The molecule has 0 N–H and O–H groups in total. The summed E-state index contributed by atoms with van der Waals surface area (Å²) < 4.78 is 6.00. The summed E-state index contributed by atoms with van der Waals surface area (Å²) in [5, 5.41) is 1.30. The van der Waals surface area contributed by atoms with Crippen LogP contribution in [0.4, 0.5) is 0 Å². The van der Waals surface area contributed by atoms with E-state index in [9.17, 15) is 0 Å². The first-order chi connectivity index (χ1) is 10.5. The Morgan fingerprint density at radius 1 is 1.23 bits per heavy atom. The lowest BCUT2D eigenvalue weighted by molar-refractivity contribution is -0.00336. The van der Waals surface area contributed by atoms with E-state index < -0.39 is 0 Å². The predicted molar refractivity (Wildman–Crippen MR) is 93.0 cm³/mol. The second kappa shape index (κ2) is 6.68. The van der Waals surface area contributed by atoms with Crippen LogP contribution in [0.1, 0.15) is 44.6 Å². The molecule has 22 heavy (non-hydrogen) atoms. The summed E-state index contributed by atoms with van der Waals surface area (Å²) in [4.78, 5) is 2.57. The van der Waals surface area contributed by atoms with Crippen molar-refractivity contribution in [3.63, 3.8) is 0 Å². The van der Waals surface area contributed by atoms with E-state index in [0.717, 1.165) is 6.61 Å². The lowest BCUT2D eigenvalue weighted by Gasteiger charge is -2.43. The Bertz CT molecular complexity index is 534. The van der Waals surface area contributed by atoms with Gasteiger partial charge in [-0.3, -0.25) is 0 Å². The van der Waals surface area contributed by atoms with Gasteiger partial charge in [0.15, 0.2) is 0 Å². The van der Waals surface area contributed by atoms with E-state index in [-0.39, 0.29) is 6.10 Å². The Morgan fingerprint density at radius 2 is 2.00 bits per heavy atom. The molecule has 2 bridgehead atoms. The Labute approximate surface area is 143 Å². The van der Waals surface area contributed by atoms with Gasteiger partial charge in [-0.15, -0.1) is 0 Å². The zero-order valence-electron chi connectivity index (χ0n) is 13.6. The molecule has 2 aliphatic heterocycles. The molecule has 0 amide bonds. The fourth-order valence-electron chi connectivity index (χ4n) is 4.23. The van der Waals surface area contributed by atoms with Crippen LogP contribution < -0.4 is 0 Å². The molecule has 2 aliphatic rings. The molecule has 0 unspecified atom stereocenters. The average molecular weight is 342 g/mol. The number of fused-ring (bicyclic) bond motifs is 2.